The maximum absolute atomic E-state index is 11.9. The molecule has 0 heterocycles. The summed E-state index contributed by atoms with van der Waals surface area (Å²) in [4.78, 5) is 11.9. The molecule has 100 valence electrons. The lowest BCUT2D eigenvalue weighted by molar-refractivity contribution is -0.00815. The van der Waals surface area contributed by atoms with Crippen LogP contribution in [-0.2, 0) is 4.74 Å². The molecule has 0 aliphatic rings. The Labute approximate surface area is 121 Å². The first-order valence-electron chi connectivity index (χ1n) is 5.73. The van der Waals surface area contributed by atoms with Crippen LogP contribution >= 0.6 is 27.5 Å². The van der Waals surface area contributed by atoms with Crippen LogP contribution in [0.4, 0.5) is 0 Å². The third-order valence-corrected chi connectivity index (χ3v) is 3.61. The van der Waals surface area contributed by atoms with E-state index in [1.165, 1.54) is 0 Å². The second kappa shape index (κ2) is 6.55. The number of nitrogens with one attached hydrogen (secondary N) is 1. The zero-order chi connectivity index (χ0) is 13.8. The Morgan fingerprint density at radius 3 is 2.72 bits per heavy atom. The number of hydrogen-bond donors (Lipinski definition) is 1. The normalized spacial score (nSPS) is 11.4. The van der Waals surface area contributed by atoms with Crippen molar-refractivity contribution in [2.24, 2.45) is 0 Å². The van der Waals surface area contributed by atoms with Crippen LogP contribution in [0.3, 0.4) is 0 Å². The fourth-order valence-corrected chi connectivity index (χ4v) is 1.97. The Hall–Kier alpha value is -0.580. The van der Waals surface area contributed by atoms with Crippen LogP contribution in [-0.4, -0.2) is 24.7 Å². The first kappa shape index (κ1) is 15.5. The third kappa shape index (κ3) is 4.59. The van der Waals surface area contributed by atoms with E-state index in [2.05, 4.69) is 21.2 Å². The number of rotatable bonds is 5. The average Bonchev–Trinajstić information content (AvgIpc) is 2.30. The van der Waals surface area contributed by atoms with Gasteiger partial charge >= 0.3 is 0 Å². The number of carbonyl (C=O) groups excluding carboxylic acids is 1. The molecular weight excluding hydrogens is 318 g/mol. The van der Waals surface area contributed by atoms with Gasteiger partial charge in [-0.1, -0.05) is 11.6 Å². The van der Waals surface area contributed by atoms with Crippen molar-refractivity contribution < 1.29 is 9.53 Å². The lowest BCUT2D eigenvalue weighted by Gasteiger charge is -2.24. The Morgan fingerprint density at radius 2 is 2.17 bits per heavy atom. The van der Waals surface area contributed by atoms with Crippen molar-refractivity contribution in [3.05, 3.63) is 33.3 Å². The van der Waals surface area contributed by atoms with E-state index in [9.17, 15) is 4.79 Å². The number of carbonyl (C=O) groups is 1. The molecule has 0 saturated carbocycles. The maximum Gasteiger partial charge on any atom is 0.251 e. The van der Waals surface area contributed by atoms with E-state index >= 15 is 0 Å². The minimum absolute atomic E-state index is 0.139. The molecule has 0 saturated heterocycles. The largest absolute Gasteiger partial charge is 0.374 e. The Bertz CT molecular complexity index is 435. The summed E-state index contributed by atoms with van der Waals surface area (Å²) in [6, 6.07) is 5.08. The lowest BCUT2D eigenvalue weighted by atomic mass is 10.1. The number of ether oxygens (including phenoxy) is 1. The lowest BCUT2D eigenvalue weighted by Crippen LogP contribution is -2.40. The molecule has 0 radical (unpaired) electrons. The summed E-state index contributed by atoms with van der Waals surface area (Å²) in [5.41, 5.74) is 0.201. The SMILES string of the molecule is CCOC(C)(C)CNC(=O)c1ccc(Cl)c(Br)c1. The van der Waals surface area contributed by atoms with Gasteiger partial charge in [0.1, 0.15) is 0 Å². The van der Waals surface area contributed by atoms with E-state index in [1.54, 1.807) is 18.2 Å². The van der Waals surface area contributed by atoms with E-state index in [4.69, 9.17) is 16.3 Å². The second-order valence-corrected chi connectivity index (χ2v) is 5.77. The second-order valence-electron chi connectivity index (χ2n) is 4.50. The Balaban J connectivity index is 2.63. The van der Waals surface area contributed by atoms with Crippen LogP contribution in [0.5, 0.6) is 0 Å². The molecule has 3 nitrogen and oxygen atoms in total. The molecule has 0 spiro atoms. The van der Waals surface area contributed by atoms with Crippen LogP contribution in [0.2, 0.25) is 5.02 Å². The molecular formula is C13H17BrClNO2. The third-order valence-electron chi connectivity index (χ3n) is 2.39. The summed E-state index contributed by atoms with van der Waals surface area (Å²) in [7, 11) is 0. The van der Waals surface area contributed by atoms with Gasteiger partial charge in [-0.3, -0.25) is 4.79 Å². The average molecular weight is 335 g/mol. The standard InChI is InChI=1S/C13H17BrClNO2/c1-4-18-13(2,3)8-16-12(17)9-5-6-11(15)10(14)7-9/h5-7H,4,8H2,1-3H3,(H,16,17). The van der Waals surface area contributed by atoms with Crippen molar-refractivity contribution in [1.29, 1.82) is 0 Å². The molecule has 1 rings (SSSR count). The van der Waals surface area contributed by atoms with E-state index in [-0.39, 0.29) is 11.5 Å². The number of halogens is 2. The van der Waals surface area contributed by atoms with Gasteiger partial charge in [-0.2, -0.15) is 0 Å². The quantitative estimate of drug-likeness (QED) is 0.892. The summed E-state index contributed by atoms with van der Waals surface area (Å²) >= 11 is 9.17. The van der Waals surface area contributed by atoms with Crippen molar-refractivity contribution >= 4 is 33.4 Å². The van der Waals surface area contributed by atoms with Crippen molar-refractivity contribution in [2.45, 2.75) is 26.4 Å². The minimum atomic E-state index is -0.367. The van der Waals surface area contributed by atoms with E-state index < -0.39 is 0 Å². The summed E-state index contributed by atoms with van der Waals surface area (Å²) in [6.07, 6.45) is 0. The molecule has 1 aromatic rings. The van der Waals surface area contributed by atoms with E-state index in [0.29, 0.717) is 28.2 Å². The number of amides is 1. The van der Waals surface area contributed by atoms with Gasteiger partial charge in [0.15, 0.2) is 0 Å². The molecule has 1 amide bonds. The van der Waals surface area contributed by atoms with Crippen molar-refractivity contribution in [3.63, 3.8) is 0 Å². The van der Waals surface area contributed by atoms with Crippen LogP contribution in [0.1, 0.15) is 31.1 Å². The Morgan fingerprint density at radius 1 is 1.50 bits per heavy atom. The highest BCUT2D eigenvalue weighted by molar-refractivity contribution is 9.10. The van der Waals surface area contributed by atoms with Gasteiger partial charge in [-0.25, -0.2) is 0 Å². The summed E-state index contributed by atoms with van der Waals surface area (Å²) in [5.74, 6) is -0.139. The molecule has 18 heavy (non-hydrogen) atoms. The first-order chi connectivity index (χ1) is 8.35. The summed E-state index contributed by atoms with van der Waals surface area (Å²) in [6.45, 7) is 6.89. The van der Waals surface area contributed by atoms with Gasteiger partial charge in [0.05, 0.1) is 10.6 Å². The topological polar surface area (TPSA) is 38.3 Å². The van der Waals surface area contributed by atoms with Crippen molar-refractivity contribution in [2.75, 3.05) is 13.2 Å². The van der Waals surface area contributed by atoms with Crippen molar-refractivity contribution in [3.8, 4) is 0 Å². The van der Waals surface area contributed by atoms with Gasteiger partial charge in [-0.15, -0.1) is 0 Å². The van der Waals surface area contributed by atoms with Crippen molar-refractivity contribution in [1.82, 2.24) is 5.32 Å². The smallest absolute Gasteiger partial charge is 0.251 e. The highest BCUT2D eigenvalue weighted by Gasteiger charge is 2.19. The molecule has 0 fully saturated rings. The molecule has 1 aromatic carbocycles. The predicted octanol–water partition coefficient (Wildman–Crippen LogP) is 3.65. The fraction of sp³-hybridized carbons (Fsp3) is 0.462. The first-order valence-corrected chi connectivity index (χ1v) is 6.90. The zero-order valence-corrected chi connectivity index (χ0v) is 13.1. The number of benzene rings is 1. The molecule has 5 heteroatoms. The minimum Gasteiger partial charge on any atom is -0.374 e. The monoisotopic (exact) mass is 333 g/mol. The van der Waals surface area contributed by atoms with Crippen LogP contribution in [0.25, 0.3) is 0 Å². The molecule has 1 N–H and O–H groups in total. The van der Waals surface area contributed by atoms with Gasteiger partial charge in [0.2, 0.25) is 0 Å². The highest BCUT2D eigenvalue weighted by atomic mass is 79.9. The van der Waals surface area contributed by atoms with Crippen LogP contribution in [0, 0.1) is 0 Å². The summed E-state index contributed by atoms with van der Waals surface area (Å²) < 4.78 is 6.22. The van der Waals surface area contributed by atoms with Gasteiger partial charge in [-0.05, 0) is 54.9 Å². The van der Waals surface area contributed by atoms with Gasteiger partial charge in [0.25, 0.3) is 5.91 Å². The van der Waals surface area contributed by atoms with Gasteiger partial charge < -0.3 is 10.1 Å². The molecule has 0 bridgehead atoms. The van der Waals surface area contributed by atoms with Crippen LogP contribution < -0.4 is 5.32 Å². The highest BCUT2D eigenvalue weighted by Crippen LogP contribution is 2.23. The molecule has 0 aliphatic heterocycles. The molecule has 0 atom stereocenters. The summed E-state index contributed by atoms with van der Waals surface area (Å²) in [5, 5.41) is 3.43. The Kier molecular flexibility index (Phi) is 5.63. The number of hydrogen-bond acceptors (Lipinski definition) is 2. The van der Waals surface area contributed by atoms with Crippen LogP contribution in [0.15, 0.2) is 22.7 Å². The van der Waals surface area contributed by atoms with E-state index in [0.717, 1.165) is 0 Å². The molecule has 0 unspecified atom stereocenters. The molecule has 0 aromatic heterocycles. The van der Waals surface area contributed by atoms with Gasteiger partial charge in [0, 0.05) is 23.2 Å². The zero-order valence-electron chi connectivity index (χ0n) is 10.7. The maximum atomic E-state index is 11.9. The fourth-order valence-electron chi connectivity index (χ4n) is 1.47. The van der Waals surface area contributed by atoms with E-state index in [1.807, 2.05) is 20.8 Å². The molecule has 0 aliphatic carbocycles. The predicted molar refractivity (Wildman–Crippen MR) is 77.2 cm³/mol.